The Kier molecular flexibility index (Phi) is 3.89. The molecule has 0 aromatic rings. The van der Waals surface area contributed by atoms with Gasteiger partial charge < -0.3 is 20.1 Å². The summed E-state index contributed by atoms with van der Waals surface area (Å²) in [6.45, 7) is 5.47. The van der Waals surface area contributed by atoms with E-state index in [9.17, 15) is 10.2 Å². The van der Waals surface area contributed by atoms with Gasteiger partial charge in [0.15, 0.2) is 0 Å². The lowest BCUT2D eigenvalue weighted by atomic mass is 9.84. The smallest absolute Gasteiger partial charge is 0.107 e. The summed E-state index contributed by atoms with van der Waals surface area (Å²) in [5.74, 6) is -0.0812. The highest BCUT2D eigenvalue weighted by atomic mass is 16.5. The van der Waals surface area contributed by atoms with Gasteiger partial charge in [-0.3, -0.25) is 0 Å². The number of aliphatic hydroxyl groups is 3. The van der Waals surface area contributed by atoms with Crippen molar-refractivity contribution >= 4 is 0 Å². The number of hydrogen-bond donors (Lipinski definition) is 3. The van der Waals surface area contributed by atoms with Gasteiger partial charge in [0.25, 0.3) is 0 Å². The molecule has 1 fully saturated rings. The lowest BCUT2D eigenvalue weighted by Crippen LogP contribution is -2.55. The first-order chi connectivity index (χ1) is 6.49. The Labute approximate surface area is 84.5 Å². The Hall–Kier alpha value is -0.160. The molecule has 0 aromatic carbocycles. The molecule has 14 heavy (non-hydrogen) atoms. The van der Waals surface area contributed by atoms with Crippen LogP contribution in [0.25, 0.3) is 0 Å². The fourth-order valence-electron chi connectivity index (χ4n) is 1.91. The van der Waals surface area contributed by atoms with Crippen LogP contribution in [-0.2, 0) is 4.74 Å². The van der Waals surface area contributed by atoms with E-state index in [0.29, 0.717) is 0 Å². The van der Waals surface area contributed by atoms with Crippen LogP contribution in [0, 0.1) is 11.8 Å². The summed E-state index contributed by atoms with van der Waals surface area (Å²) in [6, 6.07) is 0. The van der Waals surface area contributed by atoms with E-state index in [1.807, 2.05) is 13.8 Å². The molecule has 1 aliphatic rings. The van der Waals surface area contributed by atoms with Crippen molar-refractivity contribution in [2.45, 2.75) is 45.2 Å². The Morgan fingerprint density at radius 3 is 2.21 bits per heavy atom. The van der Waals surface area contributed by atoms with Gasteiger partial charge >= 0.3 is 0 Å². The zero-order valence-electron chi connectivity index (χ0n) is 8.92. The molecule has 1 rings (SSSR count). The van der Waals surface area contributed by atoms with Gasteiger partial charge in [0.2, 0.25) is 0 Å². The zero-order chi connectivity index (χ0) is 10.9. The first kappa shape index (κ1) is 11.9. The molecular formula is C10H20O4. The normalized spacial score (nSPS) is 44.4. The molecule has 0 bridgehead atoms. The fraction of sp³-hybridized carbons (Fsp3) is 1.00. The van der Waals surface area contributed by atoms with Crippen LogP contribution in [0.1, 0.15) is 20.8 Å². The average Bonchev–Trinajstić information content (AvgIpc) is 2.14. The molecule has 1 heterocycles. The Morgan fingerprint density at radius 2 is 1.79 bits per heavy atom. The van der Waals surface area contributed by atoms with Crippen LogP contribution in [0.5, 0.6) is 0 Å². The second-order valence-electron chi connectivity index (χ2n) is 4.41. The third-order valence-corrected chi connectivity index (χ3v) is 2.96. The molecule has 0 amide bonds. The topological polar surface area (TPSA) is 69.9 Å². The molecule has 0 radical (unpaired) electrons. The van der Waals surface area contributed by atoms with E-state index in [0.717, 1.165) is 0 Å². The molecule has 3 N–H and O–H groups in total. The minimum atomic E-state index is -0.787. The quantitative estimate of drug-likeness (QED) is 0.580. The second kappa shape index (κ2) is 4.57. The predicted molar refractivity (Wildman–Crippen MR) is 51.8 cm³/mol. The van der Waals surface area contributed by atoms with Crippen molar-refractivity contribution < 1.29 is 20.1 Å². The van der Waals surface area contributed by atoms with Gasteiger partial charge in [-0.15, -0.1) is 0 Å². The van der Waals surface area contributed by atoms with Crippen molar-refractivity contribution in [1.82, 2.24) is 0 Å². The number of aliphatic hydroxyl groups excluding tert-OH is 3. The summed E-state index contributed by atoms with van der Waals surface area (Å²) in [5, 5.41) is 28.5. The predicted octanol–water partition coefficient (Wildman–Crippen LogP) is -0.240. The Balaban J connectivity index is 2.73. The van der Waals surface area contributed by atoms with Gasteiger partial charge in [-0.1, -0.05) is 20.8 Å². The van der Waals surface area contributed by atoms with E-state index >= 15 is 0 Å². The van der Waals surface area contributed by atoms with E-state index in [1.54, 1.807) is 6.92 Å². The minimum absolute atomic E-state index is 0.175. The molecule has 4 heteroatoms. The maximum Gasteiger partial charge on any atom is 0.107 e. The summed E-state index contributed by atoms with van der Waals surface area (Å²) in [5.41, 5.74) is 0. The molecule has 84 valence electrons. The summed E-state index contributed by atoms with van der Waals surface area (Å²) in [6.07, 6.45) is -2.32. The van der Waals surface area contributed by atoms with Gasteiger partial charge in [0.1, 0.15) is 6.10 Å². The summed E-state index contributed by atoms with van der Waals surface area (Å²) in [7, 11) is 0. The average molecular weight is 204 g/mol. The number of rotatable bonds is 2. The van der Waals surface area contributed by atoms with Crippen molar-refractivity contribution in [3.8, 4) is 0 Å². The van der Waals surface area contributed by atoms with Crippen molar-refractivity contribution in [3.05, 3.63) is 0 Å². The van der Waals surface area contributed by atoms with Gasteiger partial charge in [0.05, 0.1) is 24.9 Å². The molecule has 1 saturated heterocycles. The first-order valence-electron chi connectivity index (χ1n) is 5.11. The monoisotopic (exact) mass is 204 g/mol. The largest absolute Gasteiger partial charge is 0.394 e. The summed E-state index contributed by atoms with van der Waals surface area (Å²) >= 11 is 0. The molecule has 5 unspecified atom stereocenters. The van der Waals surface area contributed by atoms with Gasteiger partial charge in [0, 0.05) is 5.92 Å². The molecule has 0 aromatic heterocycles. The maximum absolute atomic E-state index is 9.82. The van der Waals surface area contributed by atoms with E-state index in [2.05, 4.69) is 0 Å². The van der Waals surface area contributed by atoms with Crippen LogP contribution in [0.2, 0.25) is 0 Å². The summed E-state index contributed by atoms with van der Waals surface area (Å²) in [4.78, 5) is 0. The second-order valence-corrected chi connectivity index (χ2v) is 4.41. The van der Waals surface area contributed by atoms with Crippen molar-refractivity contribution in [2.24, 2.45) is 11.8 Å². The highest BCUT2D eigenvalue weighted by molar-refractivity contribution is 4.90. The van der Waals surface area contributed by atoms with E-state index in [4.69, 9.17) is 9.84 Å². The van der Waals surface area contributed by atoms with Crippen molar-refractivity contribution in [1.29, 1.82) is 0 Å². The van der Waals surface area contributed by atoms with Crippen LogP contribution in [0.15, 0.2) is 0 Å². The van der Waals surface area contributed by atoms with Crippen LogP contribution in [0.3, 0.4) is 0 Å². The molecule has 0 spiro atoms. The maximum atomic E-state index is 9.82. The zero-order valence-corrected chi connectivity index (χ0v) is 8.92. The fourth-order valence-corrected chi connectivity index (χ4v) is 1.91. The minimum Gasteiger partial charge on any atom is -0.394 e. The van der Waals surface area contributed by atoms with Crippen LogP contribution >= 0.6 is 0 Å². The van der Waals surface area contributed by atoms with Crippen LogP contribution < -0.4 is 0 Å². The van der Waals surface area contributed by atoms with Gasteiger partial charge in [-0.05, 0) is 5.92 Å². The molecule has 4 nitrogen and oxygen atoms in total. The molecule has 0 aliphatic carbocycles. The first-order valence-corrected chi connectivity index (χ1v) is 5.11. The van der Waals surface area contributed by atoms with E-state index in [-0.39, 0.29) is 24.5 Å². The molecule has 5 atom stereocenters. The van der Waals surface area contributed by atoms with Gasteiger partial charge in [-0.25, -0.2) is 0 Å². The highest BCUT2D eigenvalue weighted by Gasteiger charge is 2.42. The molecule has 1 aliphatic heterocycles. The standard InChI is InChI=1S/C10H20O4/c1-5(2)10-9(13)6(3)8(12)7(4-11)14-10/h5-13H,4H2,1-3H3. The highest BCUT2D eigenvalue weighted by Crippen LogP contribution is 2.29. The summed E-state index contributed by atoms with van der Waals surface area (Å²) < 4.78 is 5.44. The van der Waals surface area contributed by atoms with Crippen molar-refractivity contribution in [3.63, 3.8) is 0 Å². The number of ether oxygens (including phenoxy) is 1. The van der Waals surface area contributed by atoms with E-state index < -0.39 is 18.3 Å². The number of hydrogen-bond acceptors (Lipinski definition) is 4. The van der Waals surface area contributed by atoms with Gasteiger partial charge in [-0.2, -0.15) is 0 Å². The van der Waals surface area contributed by atoms with Crippen LogP contribution in [0.4, 0.5) is 0 Å². The van der Waals surface area contributed by atoms with E-state index in [1.165, 1.54) is 0 Å². The Morgan fingerprint density at radius 1 is 1.21 bits per heavy atom. The molecular weight excluding hydrogens is 184 g/mol. The Bertz CT molecular complexity index is 181. The lowest BCUT2D eigenvalue weighted by molar-refractivity contribution is -0.215. The lowest BCUT2D eigenvalue weighted by Gasteiger charge is -2.42. The third kappa shape index (κ3) is 2.08. The van der Waals surface area contributed by atoms with Crippen LogP contribution in [-0.4, -0.2) is 46.3 Å². The SMILES string of the molecule is CC(C)C1OC(CO)C(O)C(C)C1O. The third-order valence-electron chi connectivity index (χ3n) is 2.96. The molecule has 0 saturated carbocycles. The van der Waals surface area contributed by atoms with Crippen molar-refractivity contribution in [2.75, 3.05) is 6.61 Å².